The summed E-state index contributed by atoms with van der Waals surface area (Å²) in [5.74, 6) is 0.635. The van der Waals surface area contributed by atoms with Crippen LogP contribution in [0.4, 0.5) is 0 Å². The molecule has 0 bridgehead atoms. The molecule has 4 heteroatoms. The van der Waals surface area contributed by atoms with Gasteiger partial charge in [0, 0.05) is 18.4 Å². The molecular formula is C20H23NO3. The molecule has 0 aliphatic heterocycles. The van der Waals surface area contributed by atoms with Crippen molar-refractivity contribution in [1.29, 1.82) is 0 Å². The molecule has 0 saturated heterocycles. The minimum Gasteiger partial charge on any atom is -0.492 e. The molecule has 0 atom stereocenters. The Labute approximate surface area is 142 Å². The number of ketones is 1. The van der Waals surface area contributed by atoms with E-state index in [1.165, 1.54) is 5.56 Å². The van der Waals surface area contributed by atoms with Crippen molar-refractivity contribution < 1.29 is 14.3 Å². The van der Waals surface area contributed by atoms with Crippen LogP contribution in [0.1, 0.15) is 35.7 Å². The highest BCUT2D eigenvalue weighted by atomic mass is 16.5. The second-order valence-corrected chi connectivity index (χ2v) is 5.49. The summed E-state index contributed by atoms with van der Waals surface area (Å²) < 4.78 is 5.49. The SMILES string of the molecule is CCc1ccc(C(=O)CCC(=O)NCCOc2ccccc2)cc1. The fourth-order valence-corrected chi connectivity index (χ4v) is 2.26. The third-order valence-corrected chi connectivity index (χ3v) is 3.70. The Morgan fingerprint density at radius 2 is 1.67 bits per heavy atom. The molecule has 4 nitrogen and oxygen atoms in total. The molecule has 2 aromatic carbocycles. The van der Waals surface area contributed by atoms with Gasteiger partial charge in [0.15, 0.2) is 5.78 Å². The number of para-hydroxylation sites is 1. The molecule has 0 heterocycles. The number of carbonyl (C=O) groups is 2. The Morgan fingerprint density at radius 1 is 0.958 bits per heavy atom. The van der Waals surface area contributed by atoms with E-state index in [-0.39, 0.29) is 24.5 Å². The van der Waals surface area contributed by atoms with Gasteiger partial charge in [0.2, 0.25) is 5.91 Å². The first-order chi connectivity index (χ1) is 11.7. The lowest BCUT2D eigenvalue weighted by molar-refractivity contribution is -0.121. The van der Waals surface area contributed by atoms with Gasteiger partial charge in [0.1, 0.15) is 12.4 Å². The number of nitrogens with one attached hydrogen (secondary N) is 1. The Kier molecular flexibility index (Phi) is 7.02. The molecule has 126 valence electrons. The average molecular weight is 325 g/mol. The van der Waals surface area contributed by atoms with Gasteiger partial charge in [-0.2, -0.15) is 0 Å². The molecule has 0 aliphatic rings. The van der Waals surface area contributed by atoms with Crippen LogP contribution in [0.2, 0.25) is 0 Å². The van der Waals surface area contributed by atoms with Gasteiger partial charge in [-0.25, -0.2) is 0 Å². The quantitative estimate of drug-likeness (QED) is 0.568. The smallest absolute Gasteiger partial charge is 0.220 e. The number of ether oxygens (including phenoxy) is 1. The lowest BCUT2D eigenvalue weighted by Gasteiger charge is -2.07. The number of aryl methyl sites for hydroxylation is 1. The Hall–Kier alpha value is -2.62. The topological polar surface area (TPSA) is 55.4 Å². The molecule has 0 aromatic heterocycles. The van der Waals surface area contributed by atoms with E-state index in [4.69, 9.17) is 4.74 Å². The third kappa shape index (κ3) is 5.88. The van der Waals surface area contributed by atoms with Crippen LogP contribution in [0.3, 0.4) is 0 Å². The van der Waals surface area contributed by atoms with Crippen molar-refractivity contribution >= 4 is 11.7 Å². The first kappa shape index (κ1) is 17.7. The lowest BCUT2D eigenvalue weighted by atomic mass is 10.0. The number of rotatable bonds is 9. The van der Waals surface area contributed by atoms with Gasteiger partial charge in [-0.05, 0) is 24.1 Å². The number of benzene rings is 2. The molecule has 1 N–H and O–H groups in total. The van der Waals surface area contributed by atoms with Crippen LogP contribution in [0, 0.1) is 0 Å². The van der Waals surface area contributed by atoms with Crippen molar-refractivity contribution in [1.82, 2.24) is 5.32 Å². The van der Waals surface area contributed by atoms with Crippen LogP contribution in [0.15, 0.2) is 54.6 Å². The first-order valence-corrected chi connectivity index (χ1v) is 8.25. The van der Waals surface area contributed by atoms with Gasteiger partial charge >= 0.3 is 0 Å². The van der Waals surface area contributed by atoms with Crippen molar-refractivity contribution in [2.75, 3.05) is 13.2 Å². The van der Waals surface area contributed by atoms with Gasteiger partial charge in [0.25, 0.3) is 0 Å². The van der Waals surface area contributed by atoms with Crippen LogP contribution in [0.25, 0.3) is 0 Å². The van der Waals surface area contributed by atoms with Crippen LogP contribution in [-0.4, -0.2) is 24.8 Å². The number of amides is 1. The molecule has 0 fully saturated rings. The molecule has 0 unspecified atom stereocenters. The van der Waals surface area contributed by atoms with Crippen LogP contribution in [0.5, 0.6) is 5.75 Å². The summed E-state index contributed by atoms with van der Waals surface area (Å²) in [6, 6.07) is 17.0. The minimum atomic E-state index is -0.134. The summed E-state index contributed by atoms with van der Waals surface area (Å²) in [5, 5.41) is 2.76. The van der Waals surface area contributed by atoms with Crippen LogP contribution in [-0.2, 0) is 11.2 Å². The monoisotopic (exact) mass is 325 g/mol. The number of Topliss-reactive ketones (excluding diaryl/α,β-unsaturated/α-hetero) is 1. The van der Waals surface area contributed by atoms with Gasteiger partial charge < -0.3 is 10.1 Å². The summed E-state index contributed by atoms with van der Waals surface area (Å²) in [6.45, 7) is 2.90. The van der Waals surface area contributed by atoms with Crippen molar-refractivity contribution in [3.8, 4) is 5.75 Å². The maximum absolute atomic E-state index is 12.1. The summed E-state index contributed by atoms with van der Waals surface area (Å²) >= 11 is 0. The highest BCUT2D eigenvalue weighted by molar-refractivity contribution is 5.97. The zero-order valence-electron chi connectivity index (χ0n) is 14.0. The standard InChI is InChI=1S/C20H23NO3/c1-2-16-8-10-17(11-9-16)19(22)12-13-20(23)21-14-15-24-18-6-4-3-5-7-18/h3-11H,2,12-15H2,1H3,(H,21,23). The minimum absolute atomic E-state index is 0.00617. The van der Waals surface area contributed by atoms with E-state index in [1.54, 1.807) is 0 Å². The van der Waals surface area contributed by atoms with Crippen molar-refractivity contribution in [3.05, 3.63) is 65.7 Å². The van der Waals surface area contributed by atoms with Crippen molar-refractivity contribution in [2.45, 2.75) is 26.2 Å². The summed E-state index contributed by atoms with van der Waals surface area (Å²) in [5.41, 5.74) is 1.86. The summed E-state index contributed by atoms with van der Waals surface area (Å²) in [7, 11) is 0. The zero-order valence-corrected chi connectivity index (χ0v) is 14.0. The molecular weight excluding hydrogens is 302 g/mol. The van der Waals surface area contributed by atoms with E-state index in [0.717, 1.165) is 12.2 Å². The van der Waals surface area contributed by atoms with Crippen LogP contribution >= 0.6 is 0 Å². The van der Waals surface area contributed by atoms with Gasteiger partial charge in [-0.15, -0.1) is 0 Å². The maximum Gasteiger partial charge on any atom is 0.220 e. The van der Waals surface area contributed by atoms with E-state index >= 15 is 0 Å². The van der Waals surface area contributed by atoms with E-state index in [2.05, 4.69) is 12.2 Å². The zero-order chi connectivity index (χ0) is 17.2. The molecule has 0 spiro atoms. The molecule has 24 heavy (non-hydrogen) atoms. The number of carbonyl (C=O) groups excluding carboxylic acids is 2. The van der Waals surface area contributed by atoms with Gasteiger partial charge in [-0.1, -0.05) is 49.4 Å². The molecule has 0 saturated carbocycles. The van der Waals surface area contributed by atoms with E-state index < -0.39 is 0 Å². The fourth-order valence-electron chi connectivity index (χ4n) is 2.26. The largest absolute Gasteiger partial charge is 0.492 e. The molecule has 2 rings (SSSR count). The third-order valence-electron chi connectivity index (χ3n) is 3.70. The number of hydrogen-bond donors (Lipinski definition) is 1. The highest BCUT2D eigenvalue weighted by Gasteiger charge is 2.09. The molecule has 0 aliphatic carbocycles. The maximum atomic E-state index is 12.1. The van der Waals surface area contributed by atoms with Crippen LogP contribution < -0.4 is 10.1 Å². The lowest BCUT2D eigenvalue weighted by Crippen LogP contribution is -2.28. The Balaban J connectivity index is 1.64. The second kappa shape index (κ2) is 9.50. The van der Waals surface area contributed by atoms with Gasteiger partial charge in [-0.3, -0.25) is 9.59 Å². The summed E-state index contributed by atoms with van der Waals surface area (Å²) in [6.07, 6.45) is 1.36. The van der Waals surface area contributed by atoms with E-state index in [9.17, 15) is 9.59 Å². The van der Waals surface area contributed by atoms with Crippen molar-refractivity contribution in [2.24, 2.45) is 0 Å². The fraction of sp³-hybridized carbons (Fsp3) is 0.300. The van der Waals surface area contributed by atoms with Gasteiger partial charge in [0.05, 0.1) is 6.54 Å². The van der Waals surface area contributed by atoms with Crippen molar-refractivity contribution in [3.63, 3.8) is 0 Å². The summed E-state index contributed by atoms with van der Waals surface area (Å²) in [4.78, 5) is 23.8. The predicted molar refractivity (Wildman–Crippen MR) is 94.3 cm³/mol. The average Bonchev–Trinajstić information content (AvgIpc) is 2.64. The number of hydrogen-bond acceptors (Lipinski definition) is 3. The predicted octanol–water partition coefficient (Wildman–Crippen LogP) is 3.41. The second-order valence-electron chi connectivity index (χ2n) is 5.49. The van der Waals surface area contributed by atoms with E-state index in [1.807, 2.05) is 54.6 Å². The first-order valence-electron chi connectivity index (χ1n) is 8.25. The molecule has 1 amide bonds. The Morgan fingerprint density at radius 3 is 2.33 bits per heavy atom. The highest BCUT2D eigenvalue weighted by Crippen LogP contribution is 2.09. The normalized spacial score (nSPS) is 10.2. The molecule has 2 aromatic rings. The Bertz CT molecular complexity index is 650. The van der Waals surface area contributed by atoms with E-state index in [0.29, 0.717) is 18.7 Å². The molecule has 0 radical (unpaired) electrons.